The number of thioether (sulfide) groups is 1. The molecule has 6 heteroatoms. The van der Waals surface area contributed by atoms with Crippen molar-refractivity contribution in [3.63, 3.8) is 0 Å². The lowest BCUT2D eigenvalue weighted by molar-refractivity contribution is 0.878. The molecule has 2 aromatic rings. The van der Waals surface area contributed by atoms with Crippen LogP contribution < -0.4 is 10.6 Å². The van der Waals surface area contributed by atoms with E-state index >= 15 is 0 Å². The topological polar surface area (TPSA) is 89.7 Å². The van der Waals surface area contributed by atoms with Crippen LogP contribution in [-0.4, -0.2) is 4.98 Å². The van der Waals surface area contributed by atoms with Gasteiger partial charge in [0.25, 0.3) is 0 Å². The summed E-state index contributed by atoms with van der Waals surface area (Å²) < 4.78 is 0. The number of nitriles is 2. The van der Waals surface area contributed by atoms with Gasteiger partial charge in [0.05, 0.1) is 34.9 Å². The maximum absolute atomic E-state index is 9.81. The third-order valence-corrected chi connectivity index (χ3v) is 5.26. The van der Waals surface area contributed by atoms with Crippen LogP contribution in [0, 0.1) is 22.7 Å². The van der Waals surface area contributed by atoms with Gasteiger partial charge in [-0.2, -0.15) is 10.5 Å². The Kier molecular flexibility index (Phi) is 3.26. The quantitative estimate of drug-likeness (QED) is 0.864. The van der Waals surface area contributed by atoms with Crippen LogP contribution in [0.15, 0.2) is 75.7 Å². The number of fused-ring (bicyclic) bond motifs is 3. The lowest BCUT2D eigenvalue weighted by atomic mass is 9.84. The fraction of sp³-hybridized carbons (Fsp3) is 0.0556. The number of rotatable bonds is 1. The molecule has 0 fully saturated rings. The zero-order valence-electron chi connectivity index (χ0n) is 12.5. The number of hydrogen-bond donors (Lipinski definition) is 1. The van der Waals surface area contributed by atoms with Crippen molar-refractivity contribution in [3.05, 3.63) is 76.4 Å². The van der Waals surface area contributed by atoms with E-state index in [1.165, 1.54) is 11.8 Å². The molecule has 0 spiro atoms. The van der Waals surface area contributed by atoms with Crippen molar-refractivity contribution in [1.29, 1.82) is 10.5 Å². The second-order valence-electron chi connectivity index (χ2n) is 5.37. The molecule has 0 radical (unpaired) electrons. The third kappa shape index (κ3) is 1.91. The smallest absolute Gasteiger partial charge is 0.123 e. The molecule has 114 valence electrons. The van der Waals surface area contributed by atoms with Crippen LogP contribution in [0.4, 0.5) is 5.69 Å². The first kappa shape index (κ1) is 14.4. The fourth-order valence-corrected chi connectivity index (χ4v) is 4.23. The van der Waals surface area contributed by atoms with Crippen molar-refractivity contribution in [3.8, 4) is 12.1 Å². The number of para-hydroxylation sites is 1. The molecule has 2 N–H and O–H groups in total. The van der Waals surface area contributed by atoms with Gasteiger partial charge in [-0.25, -0.2) is 0 Å². The van der Waals surface area contributed by atoms with E-state index in [1.807, 2.05) is 35.2 Å². The summed E-state index contributed by atoms with van der Waals surface area (Å²) in [5, 5.41) is 20.3. The number of hydrogen-bond acceptors (Lipinski definition) is 6. The highest BCUT2D eigenvalue weighted by Crippen LogP contribution is 2.54. The van der Waals surface area contributed by atoms with Crippen molar-refractivity contribution in [1.82, 2.24) is 4.98 Å². The molecular weight excluding hydrogens is 318 g/mol. The van der Waals surface area contributed by atoms with E-state index in [-0.39, 0.29) is 0 Å². The summed E-state index contributed by atoms with van der Waals surface area (Å²) in [5.74, 6) is -0.112. The van der Waals surface area contributed by atoms with E-state index in [2.05, 4.69) is 17.1 Å². The lowest BCUT2D eigenvalue weighted by Gasteiger charge is -2.31. The molecule has 0 saturated heterocycles. The highest BCUT2D eigenvalue weighted by Gasteiger charge is 2.40. The van der Waals surface area contributed by atoms with Gasteiger partial charge in [0, 0.05) is 17.3 Å². The highest BCUT2D eigenvalue weighted by molar-refractivity contribution is 8.03. The molecule has 5 nitrogen and oxygen atoms in total. The molecular formula is C18H11N5S. The molecule has 4 rings (SSSR count). The average molecular weight is 329 g/mol. The van der Waals surface area contributed by atoms with Crippen LogP contribution in [-0.2, 0) is 0 Å². The van der Waals surface area contributed by atoms with Crippen molar-refractivity contribution in [2.45, 2.75) is 10.8 Å². The maximum atomic E-state index is 9.81. The number of allylic oxidation sites excluding steroid dienone is 2. The Labute approximate surface area is 143 Å². The largest absolute Gasteiger partial charge is 0.384 e. The molecule has 0 bridgehead atoms. The summed E-state index contributed by atoms with van der Waals surface area (Å²) >= 11 is 1.51. The van der Waals surface area contributed by atoms with Gasteiger partial charge >= 0.3 is 0 Å². The van der Waals surface area contributed by atoms with Gasteiger partial charge in [-0.3, -0.25) is 9.88 Å². The molecule has 2 aliphatic rings. The molecule has 3 heterocycles. The van der Waals surface area contributed by atoms with Gasteiger partial charge in [0.15, 0.2) is 0 Å². The molecule has 1 aromatic carbocycles. The number of pyridine rings is 1. The Bertz CT molecular complexity index is 978. The van der Waals surface area contributed by atoms with Crippen molar-refractivity contribution >= 4 is 17.4 Å². The van der Waals surface area contributed by atoms with Crippen LogP contribution in [0.1, 0.15) is 11.5 Å². The minimum Gasteiger partial charge on any atom is -0.384 e. The molecule has 24 heavy (non-hydrogen) atoms. The van der Waals surface area contributed by atoms with Crippen LogP contribution >= 0.6 is 11.8 Å². The molecule has 1 aromatic heterocycles. The van der Waals surface area contributed by atoms with Crippen LogP contribution in [0.25, 0.3) is 0 Å². The van der Waals surface area contributed by atoms with E-state index < -0.39 is 5.92 Å². The van der Waals surface area contributed by atoms with Crippen molar-refractivity contribution < 1.29 is 0 Å². The molecule has 1 unspecified atom stereocenters. The molecule has 0 saturated carbocycles. The summed E-state index contributed by atoms with van der Waals surface area (Å²) in [6, 6.07) is 15.9. The summed E-state index contributed by atoms with van der Waals surface area (Å²) in [4.78, 5) is 6.95. The zero-order valence-corrected chi connectivity index (χ0v) is 13.3. The number of aromatic nitrogens is 1. The molecule has 0 aliphatic carbocycles. The number of anilines is 1. The molecule has 0 amide bonds. The lowest BCUT2D eigenvalue weighted by Crippen LogP contribution is -2.32. The van der Waals surface area contributed by atoms with E-state index in [4.69, 9.17) is 5.73 Å². The molecule has 2 aliphatic heterocycles. The minimum absolute atomic E-state index is 0.373. The predicted molar refractivity (Wildman–Crippen MR) is 91.2 cm³/mol. The van der Waals surface area contributed by atoms with Gasteiger partial charge in [-0.15, -0.1) is 0 Å². The van der Waals surface area contributed by atoms with Crippen LogP contribution in [0.2, 0.25) is 0 Å². The summed E-state index contributed by atoms with van der Waals surface area (Å²) in [6.45, 7) is 0. The summed E-state index contributed by atoms with van der Waals surface area (Å²) in [5.41, 5.74) is 8.93. The first-order valence-electron chi connectivity index (χ1n) is 7.27. The van der Waals surface area contributed by atoms with Gasteiger partial charge in [0.2, 0.25) is 0 Å². The molecule has 1 atom stereocenters. The summed E-state index contributed by atoms with van der Waals surface area (Å²) in [7, 11) is 0. The van der Waals surface area contributed by atoms with Gasteiger partial charge in [-0.05, 0) is 23.8 Å². The second-order valence-corrected chi connectivity index (χ2v) is 6.40. The summed E-state index contributed by atoms with van der Waals surface area (Å²) in [6.07, 6.45) is 3.34. The van der Waals surface area contributed by atoms with Gasteiger partial charge in [-0.1, -0.05) is 30.0 Å². The SMILES string of the molecule is N#CC1=C(N)N2C(=C(C#N)C1c1cccnc1)Sc1ccccc12. The normalized spacial score (nSPS) is 18.8. The third-order valence-electron chi connectivity index (χ3n) is 4.10. The van der Waals surface area contributed by atoms with E-state index in [0.717, 1.165) is 21.2 Å². The predicted octanol–water partition coefficient (Wildman–Crippen LogP) is 3.22. The Morgan fingerprint density at radius 1 is 1.08 bits per heavy atom. The van der Waals surface area contributed by atoms with E-state index in [1.54, 1.807) is 18.5 Å². The Morgan fingerprint density at radius 2 is 1.88 bits per heavy atom. The first-order valence-corrected chi connectivity index (χ1v) is 8.09. The van der Waals surface area contributed by atoms with Gasteiger partial charge in [0.1, 0.15) is 10.9 Å². The maximum Gasteiger partial charge on any atom is 0.123 e. The Morgan fingerprint density at radius 3 is 2.58 bits per heavy atom. The average Bonchev–Trinajstić information content (AvgIpc) is 3.02. The highest BCUT2D eigenvalue weighted by atomic mass is 32.2. The fourth-order valence-electron chi connectivity index (χ4n) is 3.05. The van der Waals surface area contributed by atoms with E-state index in [9.17, 15) is 10.5 Å². The number of nitrogens with two attached hydrogens (primary N) is 1. The zero-order chi connectivity index (χ0) is 16.7. The van der Waals surface area contributed by atoms with Gasteiger partial charge < -0.3 is 5.73 Å². The first-order chi connectivity index (χ1) is 11.8. The van der Waals surface area contributed by atoms with Crippen molar-refractivity contribution in [2.24, 2.45) is 5.73 Å². The number of nitrogens with zero attached hydrogens (tertiary/aromatic N) is 4. The standard InChI is InChI=1S/C18H11N5S/c19-8-12-16(11-4-3-7-22-10-11)13(9-20)18-23(17(12)21)14-5-1-2-6-15(14)24-18/h1-7,10,16H,21H2. The number of benzene rings is 1. The Hall–Kier alpha value is -3.22. The van der Waals surface area contributed by atoms with Crippen LogP contribution in [0.3, 0.4) is 0 Å². The van der Waals surface area contributed by atoms with E-state index in [0.29, 0.717) is 17.0 Å². The monoisotopic (exact) mass is 329 g/mol. The second kappa shape index (κ2) is 5.45. The van der Waals surface area contributed by atoms with Crippen molar-refractivity contribution in [2.75, 3.05) is 4.90 Å². The minimum atomic E-state index is -0.484. The van der Waals surface area contributed by atoms with Crippen LogP contribution in [0.5, 0.6) is 0 Å². The Balaban J connectivity index is 1.99.